The Morgan fingerprint density at radius 2 is 1.85 bits per heavy atom. The Hall–Kier alpha value is -2.74. The Morgan fingerprint density at radius 3 is 2.52 bits per heavy atom. The number of aromatic nitrogens is 2. The lowest BCUT2D eigenvalue weighted by atomic mass is 10.1. The van der Waals surface area contributed by atoms with Crippen LogP contribution in [0.25, 0.3) is 10.2 Å². The highest BCUT2D eigenvalue weighted by Gasteiger charge is 2.19. The van der Waals surface area contributed by atoms with Crippen molar-refractivity contribution in [2.45, 2.75) is 39.4 Å². The van der Waals surface area contributed by atoms with Crippen LogP contribution >= 0.6 is 11.3 Å². The summed E-state index contributed by atoms with van der Waals surface area (Å²) in [5.74, 6) is -0.833. The number of carbonyl (C=O) groups is 1. The van der Waals surface area contributed by atoms with Crippen molar-refractivity contribution >= 4 is 27.5 Å². The predicted octanol–water partition coefficient (Wildman–Crippen LogP) is 2.33. The molecular formula is C19H20FN3O3S. The molecule has 27 heavy (non-hydrogen) atoms. The molecule has 3 aromatic rings. The van der Waals surface area contributed by atoms with E-state index in [1.54, 1.807) is 23.6 Å². The van der Waals surface area contributed by atoms with Crippen LogP contribution in [0.5, 0.6) is 0 Å². The average molecular weight is 389 g/mol. The Kier molecular flexibility index (Phi) is 5.01. The molecule has 0 radical (unpaired) electrons. The second-order valence-corrected chi connectivity index (χ2v) is 8.20. The van der Waals surface area contributed by atoms with Crippen LogP contribution in [0, 0.1) is 5.82 Å². The summed E-state index contributed by atoms with van der Waals surface area (Å²) in [5, 5.41) is 4.49. The molecule has 0 aliphatic rings. The van der Waals surface area contributed by atoms with Crippen molar-refractivity contribution in [1.29, 1.82) is 0 Å². The molecule has 0 unspecified atom stereocenters. The largest absolute Gasteiger partial charge is 0.350 e. The van der Waals surface area contributed by atoms with Gasteiger partial charge in [-0.25, -0.2) is 9.18 Å². The summed E-state index contributed by atoms with van der Waals surface area (Å²) in [6, 6.07) is 7.62. The van der Waals surface area contributed by atoms with Crippen molar-refractivity contribution in [3.8, 4) is 0 Å². The third kappa shape index (κ3) is 4.00. The standard InChI is InChI=1S/C19H20FN3O3S/c1-19(2,3)21-15(24)11-22-14-8-9-27-16(14)17(25)23(18(22)26)10-12-6-4-5-7-13(12)20/h4-9H,10-11H2,1-3H3,(H,21,24). The van der Waals surface area contributed by atoms with E-state index < -0.39 is 22.6 Å². The van der Waals surface area contributed by atoms with Gasteiger partial charge in [0.05, 0.1) is 12.1 Å². The van der Waals surface area contributed by atoms with Gasteiger partial charge in [0.1, 0.15) is 17.1 Å². The second-order valence-electron chi connectivity index (χ2n) is 7.28. The number of hydrogen-bond donors (Lipinski definition) is 1. The number of hydrogen-bond acceptors (Lipinski definition) is 4. The molecule has 0 bridgehead atoms. The van der Waals surface area contributed by atoms with Crippen molar-refractivity contribution in [2.24, 2.45) is 0 Å². The molecule has 0 saturated carbocycles. The van der Waals surface area contributed by atoms with E-state index >= 15 is 0 Å². The van der Waals surface area contributed by atoms with Crippen LogP contribution in [0.15, 0.2) is 45.3 Å². The van der Waals surface area contributed by atoms with E-state index in [0.717, 1.165) is 4.57 Å². The Labute approximate surface area is 158 Å². The van der Waals surface area contributed by atoms with Gasteiger partial charge in [-0.2, -0.15) is 0 Å². The van der Waals surface area contributed by atoms with E-state index in [1.165, 1.54) is 28.0 Å². The van der Waals surface area contributed by atoms with Gasteiger partial charge in [-0.3, -0.25) is 18.7 Å². The fraction of sp³-hybridized carbons (Fsp3) is 0.316. The summed E-state index contributed by atoms with van der Waals surface area (Å²) in [5.41, 5.74) is -0.933. The van der Waals surface area contributed by atoms with E-state index in [1.807, 2.05) is 20.8 Å². The van der Waals surface area contributed by atoms with Crippen LogP contribution in [-0.4, -0.2) is 20.6 Å². The van der Waals surface area contributed by atoms with Gasteiger partial charge in [0.25, 0.3) is 5.56 Å². The maximum atomic E-state index is 14.0. The number of nitrogens with zero attached hydrogens (tertiary/aromatic N) is 2. The number of halogens is 1. The number of nitrogens with one attached hydrogen (secondary N) is 1. The Balaban J connectivity index is 2.10. The van der Waals surface area contributed by atoms with Gasteiger partial charge in [0.2, 0.25) is 5.91 Å². The van der Waals surface area contributed by atoms with E-state index in [9.17, 15) is 18.8 Å². The van der Waals surface area contributed by atoms with E-state index in [2.05, 4.69) is 5.32 Å². The first-order chi connectivity index (χ1) is 12.7. The summed E-state index contributed by atoms with van der Waals surface area (Å²) in [6.45, 7) is 5.10. The molecule has 8 heteroatoms. The fourth-order valence-corrected chi connectivity index (χ4v) is 3.67. The minimum Gasteiger partial charge on any atom is -0.350 e. The first-order valence-electron chi connectivity index (χ1n) is 8.42. The van der Waals surface area contributed by atoms with Gasteiger partial charge in [0, 0.05) is 11.1 Å². The molecule has 0 spiro atoms. The number of thiophene rings is 1. The molecule has 0 saturated heterocycles. The number of fused-ring (bicyclic) bond motifs is 1. The van der Waals surface area contributed by atoms with E-state index in [0.29, 0.717) is 10.2 Å². The fourth-order valence-electron chi connectivity index (χ4n) is 2.82. The van der Waals surface area contributed by atoms with Gasteiger partial charge in [0.15, 0.2) is 0 Å². The van der Waals surface area contributed by atoms with Crippen LogP contribution in [0.4, 0.5) is 4.39 Å². The topological polar surface area (TPSA) is 73.1 Å². The lowest BCUT2D eigenvalue weighted by Crippen LogP contribution is -2.46. The van der Waals surface area contributed by atoms with Crippen LogP contribution < -0.4 is 16.6 Å². The van der Waals surface area contributed by atoms with Gasteiger partial charge in [-0.1, -0.05) is 18.2 Å². The van der Waals surface area contributed by atoms with Crippen molar-refractivity contribution < 1.29 is 9.18 Å². The first-order valence-corrected chi connectivity index (χ1v) is 9.30. The van der Waals surface area contributed by atoms with Crippen LogP contribution in [0.2, 0.25) is 0 Å². The van der Waals surface area contributed by atoms with Crippen molar-refractivity contribution in [3.63, 3.8) is 0 Å². The van der Waals surface area contributed by atoms with Crippen LogP contribution in [0.1, 0.15) is 26.3 Å². The quantitative estimate of drug-likeness (QED) is 0.744. The summed E-state index contributed by atoms with van der Waals surface area (Å²) in [6.07, 6.45) is 0. The lowest BCUT2D eigenvalue weighted by molar-refractivity contribution is -0.123. The molecule has 0 fully saturated rings. The van der Waals surface area contributed by atoms with Crippen molar-refractivity contribution in [1.82, 2.24) is 14.5 Å². The maximum Gasteiger partial charge on any atom is 0.332 e. The van der Waals surface area contributed by atoms with Gasteiger partial charge in [-0.05, 0) is 38.3 Å². The number of amides is 1. The molecule has 1 amide bonds. The monoisotopic (exact) mass is 389 g/mol. The summed E-state index contributed by atoms with van der Waals surface area (Å²) < 4.78 is 16.6. The molecule has 2 aromatic heterocycles. The van der Waals surface area contributed by atoms with Gasteiger partial charge in [-0.15, -0.1) is 11.3 Å². The SMILES string of the molecule is CC(C)(C)NC(=O)Cn1c(=O)n(Cc2ccccc2F)c(=O)c2sccc21. The minimum atomic E-state index is -0.641. The highest BCUT2D eigenvalue weighted by atomic mass is 32.1. The molecule has 6 nitrogen and oxygen atoms in total. The molecule has 1 N–H and O–H groups in total. The van der Waals surface area contributed by atoms with Crippen molar-refractivity contribution in [2.75, 3.05) is 0 Å². The maximum absolute atomic E-state index is 14.0. The minimum absolute atomic E-state index is 0.195. The molecule has 0 atom stereocenters. The van der Waals surface area contributed by atoms with E-state index in [4.69, 9.17) is 0 Å². The Bertz CT molecular complexity index is 1120. The zero-order chi connectivity index (χ0) is 19.8. The molecule has 2 heterocycles. The summed E-state index contributed by atoms with van der Waals surface area (Å²) in [4.78, 5) is 38.0. The predicted molar refractivity (Wildman–Crippen MR) is 104 cm³/mol. The number of carbonyl (C=O) groups excluding carboxylic acids is 1. The molecule has 1 aromatic carbocycles. The van der Waals surface area contributed by atoms with Gasteiger partial charge < -0.3 is 5.32 Å². The van der Waals surface area contributed by atoms with Gasteiger partial charge >= 0.3 is 5.69 Å². The summed E-state index contributed by atoms with van der Waals surface area (Å²) >= 11 is 1.19. The number of rotatable bonds is 4. The van der Waals surface area contributed by atoms with E-state index in [-0.39, 0.29) is 24.6 Å². The summed E-state index contributed by atoms with van der Waals surface area (Å²) in [7, 11) is 0. The lowest BCUT2D eigenvalue weighted by Gasteiger charge is -2.21. The van der Waals surface area contributed by atoms with Crippen molar-refractivity contribution in [3.05, 3.63) is 67.9 Å². The highest BCUT2D eigenvalue weighted by molar-refractivity contribution is 7.17. The normalized spacial score (nSPS) is 11.7. The second kappa shape index (κ2) is 7.11. The van der Waals surface area contributed by atoms with Crippen LogP contribution in [0.3, 0.4) is 0 Å². The smallest absolute Gasteiger partial charge is 0.332 e. The van der Waals surface area contributed by atoms with Crippen LogP contribution in [-0.2, 0) is 17.9 Å². The highest BCUT2D eigenvalue weighted by Crippen LogP contribution is 2.16. The molecule has 3 rings (SSSR count). The third-order valence-electron chi connectivity index (χ3n) is 3.94. The molecular weight excluding hydrogens is 369 g/mol. The number of benzene rings is 1. The Morgan fingerprint density at radius 1 is 1.15 bits per heavy atom. The zero-order valence-corrected chi connectivity index (χ0v) is 16.1. The molecule has 0 aliphatic heterocycles. The molecule has 142 valence electrons. The first kappa shape index (κ1) is 19.0. The average Bonchev–Trinajstić information content (AvgIpc) is 3.05. The third-order valence-corrected chi connectivity index (χ3v) is 4.83. The molecule has 0 aliphatic carbocycles. The zero-order valence-electron chi connectivity index (χ0n) is 15.3.